The minimum atomic E-state index is -1.09. The molecular formula is C9H17FO. The predicted octanol–water partition coefficient (Wildman–Crippen LogP) is 2.90. The van der Waals surface area contributed by atoms with Gasteiger partial charge in [0, 0.05) is 0 Å². The standard InChI is InChI=1S/C9H17FO/c1-7-3-5-9(6-4-7)11-8(2)10/h7-9H,3-6H2,1-2H3. The van der Waals surface area contributed by atoms with Crippen LogP contribution < -0.4 is 0 Å². The van der Waals surface area contributed by atoms with Gasteiger partial charge >= 0.3 is 0 Å². The molecule has 0 aromatic heterocycles. The summed E-state index contributed by atoms with van der Waals surface area (Å²) in [6.45, 7) is 3.70. The highest BCUT2D eigenvalue weighted by Gasteiger charge is 2.19. The number of alkyl halides is 1. The van der Waals surface area contributed by atoms with Crippen molar-refractivity contribution in [1.82, 2.24) is 0 Å². The molecule has 0 radical (unpaired) electrons. The fourth-order valence-electron chi connectivity index (χ4n) is 1.63. The van der Waals surface area contributed by atoms with E-state index in [4.69, 9.17) is 4.74 Å². The Morgan fingerprint density at radius 3 is 2.27 bits per heavy atom. The maximum atomic E-state index is 12.4. The molecule has 0 saturated heterocycles. The second-order valence-electron chi connectivity index (χ2n) is 3.56. The first kappa shape index (κ1) is 8.98. The summed E-state index contributed by atoms with van der Waals surface area (Å²) in [4.78, 5) is 0. The minimum Gasteiger partial charge on any atom is -0.345 e. The number of rotatable bonds is 2. The van der Waals surface area contributed by atoms with Crippen LogP contribution in [0.5, 0.6) is 0 Å². The zero-order valence-electron chi connectivity index (χ0n) is 7.35. The second kappa shape index (κ2) is 4.05. The van der Waals surface area contributed by atoms with Gasteiger partial charge in [0.25, 0.3) is 0 Å². The van der Waals surface area contributed by atoms with Gasteiger partial charge in [0.2, 0.25) is 0 Å². The van der Waals surface area contributed by atoms with E-state index < -0.39 is 6.36 Å². The molecule has 1 rings (SSSR count). The number of hydrogen-bond donors (Lipinski definition) is 0. The molecule has 0 aromatic carbocycles. The maximum absolute atomic E-state index is 12.4. The Balaban J connectivity index is 2.17. The van der Waals surface area contributed by atoms with Gasteiger partial charge in [-0.3, -0.25) is 0 Å². The monoisotopic (exact) mass is 160 g/mol. The predicted molar refractivity (Wildman–Crippen MR) is 43.1 cm³/mol. The Morgan fingerprint density at radius 2 is 1.82 bits per heavy atom. The molecule has 1 saturated carbocycles. The number of halogens is 1. The number of ether oxygens (including phenoxy) is 1. The maximum Gasteiger partial charge on any atom is 0.196 e. The summed E-state index contributed by atoms with van der Waals surface area (Å²) >= 11 is 0. The number of hydrogen-bond acceptors (Lipinski definition) is 1. The van der Waals surface area contributed by atoms with Crippen molar-refractivity contribution in [3.05, 3.63) is 0 Å². The van der Waals surface area contributed by atoms with Crippen LogP contribution in [0, 0.1) is 5.92 Å². The van der Waals surface area contributed by atoms with Gasteiger partial charge < -0.3 is 4.74 Å². The fourth-order valence-corrected chi connectivity index (χ4v) is 1.63. The molecule has 1 unspecified atom stereocenters. The third-order valence-electron chi connectivity index (χ3n) is 2.34. The third kappa shape index (κ3) is 3.19. The van der Waals surface area contributed by atoms with E-state index in [1.165, 1.54) is 19.8 Å². The van der Waals surface area contributed by atoms with Crippen molar-refractivity contribution in [2.75, 3.05) is 0 Å². The molecule has 0 N–H and O–H groups in total. The van der Waals surface area contributed by atoms with Crippen LogP contribution >= 0.6 is 0 Å². The normalized spacial score (nSPS) is 35.2. The Morgan fingerprint density at radius 1 is 1.27 bits per heavy atom. The summed E-state index contributed by atoms with van der Waals surface area (Å²) in [5.74, 6) is 0.810. The van der Waals surface area contributed by atoms with Gasteiger partial charge in [0.1, 0.15) is 0 Å². The average molecular weight is 160 g/mol. The van der Waals surface area contributed by atoms with Crippen molar-refractivity contribution in [2.45, 2.75) is 52.0 Å². The van der Waals surface area contributed by atoms with Crippen molar-refractivity contribution >= 4 is 0 Å². The quantitative estimate of drug-likeness (QED) is 0.603. The van der Waals surface area contributed by atoms with Crippen LogP contribution in [-0.4, -0.2) is 12.5 Å². The molecule has 1 fully saturated rings. The lowest BCUT2D eigenvalue weighted by Gasteiger charge is -2.26. The molecule has 1 aliphatic rings. The molecule has 0 spiro atoms. The van der Waals surface area contributed by atoms with Crippen LogP contribution in [0.15, 0.2) is 0 Å². The van der Waals surface area contributed by atoms with Gasteiger partial charge in [0.05, 0.1) is 6.10 Å². The lowest BCUT2D eigenvalue weighted by Crippen LogP contribution is -2.22. The van der Waals surface area contributed by atoms with Crippen LogP contribution in [0.3, 0.4) is 0 Å². The van der Waals surface area contributed by atoms with Crippen LogP contribution in [-0.2, 0) is 4.74 Å². The molecule has 0 aliphatic heterocycles. The molecule has 0 amide bonds. The zero-order valence-corrected chi connectivity index (χ0v) is 7.35. The summed E-state index contributed by atoms with van der Waals surface area (Å²) in [6.07, 6.45) is 3.55. The molecule has 0 aromatic rings. The lowest BCUT2D eigenvalue weighted by atomic mass is 9.89. The zero-order chi connectivity index (χ0) is 8.27. The SMILES string of the molecule is CC1CCC(OC(C)F)CC1. The van der Waals surface area contributed by atoms with Gasteiger partial charge in [-0.2, -0.15) is 0 Å². The average Bonchev–Trinajstić information content (AvgIpc) is 1.93. The molecule has 2 heteroatoms. The van der Waals surface area contributed by atoms with Crippen molar-refractivity contribution in [2.24, 2.45) is 5.92 Å². The molecule has 11 heavy (non-hydrogen) atoms. The molecule has 1 aliphatic carbocycles. The summed E-state index contributed by atoms with van der Waals surface area (Å²) < 4.78 is 17.4. The van der Waals surface area contributed by atoms with E-state index in [0.29, 0.717) is 0 Å². The van der Waals surface area contributed by atoms with E-state index in [2.05, 4.69) is 6.92 Å². The van der Waals surface area contributed by atoms with E-state index in [0.717, 1.165) is 18.8 Å². The molecular weight excluding hydrogens is 143 g/mol. The van der Waals surface area contributed by atoms with E-state index >= 15 is 0 Å². The Bertz CT molecular complexity index is 106. The Labute approximate surface area is 67.9 Å². The third-order valence-corrected chi connectivity index (χ3v) is 2.34. The molecule has 1 nitrogen and oxygen atoms in total. The molecule has 66 valence electrons. The minimum absolute atomic E-state index is 0.186. The van der Waals surface area contributed by atoms with E-state index in [9.17, 15) is 4.39 Å². The van der Waals surface area contributed by atoms with Crippen LogP contribution in [0.25, 0.3) is 0 Å². The first-order chi connectivity index (χ1) is 5.18. The van der Waals surface area contributed by atoms with E-state index in [1.54, 1.807) is 0 Å². The van der Waals surface area contributed by atoms with E-state index in [-0.39, 0.29) is 6.10 Å². The lowest BCUT2D eigenvalue weighted by molar-refractivity contribution is -0.0890. The first-order valence-electron chi connectivity index (χ1n) is 4.48. The summed E-state index contributed by atoms with van der Waals surface area (Å²) in [7, 11) is 0. The summed E-state index contributed by atoms with van der Waals surface area (Å²) in [6, 6.07) is 0. The Hall–Kier alpha value is -0.110. The van der Waals surface area contributed by atoms with Gasteiger partial charge in [-0.05, 0) is 38.5 Å². The topological polar surface area (TPSA) is 9.23 Å². The molecule has 1 atom stereocenters. The molecule has 0 heterocycles. The van der Waals surface area contributed by atoms with Crippen LogP contribution in [0.4, 0.5) is 4.39 Å². The van der Waals surface area contributed by atoms with Gasteiger partial charge in [0.15, 0.2) is 6.36 Å². The van der Waals surface area contributed by atoms with Gasteiger partial charge in [-0.15, -0.1) is 0 Å². The Kier molecular flexibility index (Phi) is 3.31. The van der Waals surface area contributed by atoms with Gasteiger partial charge in [-0.1, -0.05) is 6.92 Å². The second-order valence-corrected chi connectivity index (χ2v) is 3.56. The largest absolute Gasteiger partial charge is 0.345 e. The summed E-state index contributed by atoms with van der Waals surface area (Å²) in [5, 5.41) is 0. The summed E-state index contributed by atoms with van der Waals surface area (Å²) in [5.41, 5.74) is 0. The highest BCUT2D eigenvalue weighted by Crippen LogP contribution is 2.26. The fraction of sp³-hybridized carbons (Fsp3) is 1.00. The molecule has 0 bridgehead atoms. The van der Waals surface area contributed by atoms with Gasteiger partial charge in [-0.25, -0.2) is 4.39 Å². The van der Waals surface area contributed by atoms with Crippen molar-refractivity contribution in [3.63, 3.8) is 0 Å². The van der Waals surface area contributed by atoms with E-state index in [1.807, 2.05) is 0 Å². The van der Waals surface area contributed by atoms with Crippen LogP contribution in [0.2, 0.25) is 0 Å². The van der Waals surface area contributed by atoms with Crippen molar-refractivity contribution in [3.8, 4) is 0 Å². The highest BCUT2D eigenvalue weighted by molar-refractivity contribution is 4.69. The van der Waals surface area contributed by atoms with Crippen molar-refractivity contribution < 1.29 is 9.13 Å². The highest BCUT2D eigenvalue weighted by atomic mass is 19.1. The smallest absolute Gasteiger partial charge is 0.196 e. The van der Waals surface area contributed by atoms with Crippen molar-refractivity contribution in [1.29, 1.82) is 0 Å². The first-order valence-corrected chi connectivity index (χ1v) is 4.48. The van der Waals surface area contributed by atoms with Crippen LogP contribution in [0.1, 0.15) is 39.5 Å².